The number of halogens is 21. The molecule has 8 N–H and O–H groups in total. The number of nitrogens with one attached hydrogen (secondary N) is 2. The number of aromatic nitrogens is 8. The Morgan fingerprint density at radius 3 is 1.14 bits per heavy atom. The van der Waals surface area contributed by atoms with Crippen LogP contribution in [0.15, 0.2) is 138 Å². The lowest BCUT2D eigenvalue weighted by Gasteiger charge is -2.11. The number of carbonyl (C=O) groups excluding carboxylic acids is 1. The van der Waals surface area contributed by atoms with E-state index in [0.29, 0.717) is 10.5 Å². The Labute approximate surface area is 531 Å². The first-order chi connectivity index (χ1) is 44.0. The molecule has 0 aliphatic carbocycles. The first-order valence-corrected chi connectivity index (χ1v) is 26.9. The van der Waals surface area contributed by atoms with Gasteiger partial charge < -0.3 is 32.1 Å². The van der Waals surface area contributed by atoms with E-state index in [1.54, 1.807) is 6.07 Å². The maximum Gasteiger partial charge on any atom is 0.507 e. The molecule has 0 radical (unpaired) electrons. The molecule has 0 aliphatic rings. The predicted octanol–water partition coefficient (Wildman–Crippen LogP) is 14.0. The molecule has 4 heterocycles. The van der Waals surface area contributed by atoms with Gasteiger partial charge in [0.15, 0.2) is 22.8 Å². The SMILES string of the molecule is Cn1nc(C(F)(F)F)cc1-c1ccc(N)c(F)c1.Cn1nc(C(F)(F)F)cc1-c1ccc(NC(=O)c2c(F)cccc2F)c(F)c1.Cn1nc(C(F)(F)F)cc1-c1ccc(NCc2c(F)cccc2F)c(F)c1.Cn1nc(C(F)(F)F)cc1B(O)O.Nc1ccc(Br)cc1F. The van der Waals surface area contributed by atoms with Crippen LogP contribution in [0.4, 0.5) is 111 Å². The average molecular weight is 1430 g/mol. The van der Waals surface area contributed by atoms with Gasteiger partial charge in [-0.1, -0.05) is 46.3 Å². The van der Waals surface area contributed by atoms with Crippen LogP contribution in [0.3, 0.4) is 0 Å². The first kappa shape index (κ1) is 74.1. The van der Waals surface area contributed by atoms with Gasteiger partial charge in [-0.15, -0.1) is 0 Å². The number of anilines is 4. The molecule has 504 valence electrons. The van der Waals surface area contributed by atoms with E-state index in [-0.39, 0.29) is 74.4 Å². The fraction of sp³-hybridized carbons (Fsp3) is 0.155. The summed E-state index contributed by atoms with van der Waals surface area (Å²) in [5.74, 6) is -7.83. The van der Waals surface area contributed by atoms with Crippen LogP contribution in [0, 0.1) is 46.5 Å². The van der Waals surface area contributed by atoms with Crippen molar-refractivity contribution in [2.75, 3.05) is 22.1 Å². The van der Waals surface area contributed by atoms with E-state index in [9.17, 15) is 92.6 Å². The van der Waals surface area contributed by atoms with Crippen molar-refractivity contribution < 1.29 is 103 Å². The molecule has 6 aromatic carbocycles. The van der Waals surface area contributed by atoms with Crippen LogP contribution in [-0.2, 0) is 59.4 Å². The summed E-state index contributed by atoms with van der Waals surface area (Å²) >= 11 is 3.10. The summed E-state index contributed by atoms with van der Waals surface area (Å²) in [6.07, 6.45) is -18.4. The molecule has 0 fully saturated rings. The Morgan fingerprint density at radius 2 is 0.800 bits per heavy atom. The van der Waals surface area contributed by atoms with Crippen LogP contribution < -0.4 is 27.7 Å². The van der Waals surface area contributed by atoms with Gasteiger partial charge in [-0.25, -0.2) is 35.1 Å². The number of hydrogen-bond acceptors (Lipinski definition) is 10. The van der Waals surface area contributed by atoms with E-state index in [4.69, 9.17) is 21.5 Å². The van der Waals surface area contributed by atoms with Crippen molar-refractivity contribution in [3.63, 3.8) is 0 Å². The zero-order valence-electron chi connectivity index (χ0n) is 48.5. The maximum atomic E-state index is 14.3. The van der Waals surface area contributed by atoms with Crippen LogP contribution >= 0.6 is 15.9 Å². The molecule has 0 spiro atoms. The smallest absolute Gasteiger partial charge is 0.422 e. The van der Waals surface area contributed by atoms with Crippen LogP contribution in [0.5, 0.6) is 0 Å². The standard InChI is InChI=1S/C18H11F6N3O.C18H13F6N3.C11H9F4N3.C6H5BrFN.C5H6BF3N2O2/c1-27-14(8-15(26-27)18(22,23)24)9-5-6-13(12(21)7-9)25-17(28)16-10(19)3-2-4-11(16)20;1-27-16(8-17(26-27)18(22,23)24)10-5-6-15(14(21)7-10)25-9-11-12(19)3-2-4-13(11)20;1-18-9(5-10(17-18)11(13,14)15)6-2-3-8(16)7(12)4-6;7-4-1-2-6(9)5(8)3-4;1-11-4(6(12)13)2-3(10-11)5(7,8)9/h2-8H,1H3,(H,25,28);2-8,25H,9H2,1H3;2-5H,16H2,1H3;1-3H,9H2;2,12-13H,1H3. The van der Waals surface area contributed by atoms with Gasteiger partial charge in [0.2, 0.25) is 0 Å². The van der Waals surface area contributed by atoms with Gasteiger partial charge in [-0.05, 0) is 103 Å². The van der Waals surface area contributed by atoms with Crippen LogP contribution in [0.25, 0.3) is 33.8 Å². The Kier molecular flexibility index (Phi) is 23.4. The van der Waals surface area contributed by atoms with E-state index >= 15 is 0 Å². The lowest BCUT2D eigenvalue weighted by molar-refractivity contribution is -0.142. The number of benzene rings is 6. The molecule has 10 rings (SSSR count). The van der Waals surface area contributed by atoms with Gasteiger partial charge >= 0.3 is 31.8 Å². The van der Waals surface area contributed by atoms with Crippen molar-refractivity contribution in [1.29, 1.82) is 0 Å². The summed E-state index contributed by atoms with van der Waals surface area (Å²) in [5, 5.41) is 35.0. The molecule has 0 atom stereocenters. The fourth-order valence-electron chi connectivity index (χ4n) is 8.06. The molecular formula is C58H44BBrF20N12O3. The largest absolute Gasteiger partial charge is 0.507 e. The third kappa shape index (κ3) is 19.4. The van der Waals surface area contributed by atoms with Crippen molar-refractivity contribution in [1.82, 2.24) is 39.1 Å². The molecule has 0 aliphatic heterocycles. The van der Waals surface area contributed by atoms with E-state index in [1.165, 1.54) is 76.7 Å². The number of nitrogens with zero attached hydrogens (tertiary/aromatic N) is 8. The third-order valence-corrected chi connectivity index (χ3v) is 13.2. The lowest BCUT2D eigenvalue weighted by Crippen LogP contribution is -2.35. The van der Waals surface area contributed by atoms with Crippen LogP contribution in [-0.4, -0.2) is 62.2 Å². The van der Waals surface area contributed by atoms with Gasteiger partial charge in [0.1, 0.15) is 52.1 Å². The Balaban J connectivity index is 0.000000198. The third-order valence-electron chi connectivity index (χ3n) is 12.7. The quantitative estimate of drug-likeness (QED) is 0.0458. The summed E-state index contributed by atoms with van der Waals surface area (Å²) in [7, 11) is 3.19. The number of nitrogen functional groups attached to an aromatic ring is 2. The van der Waals surface area contributed by atoms with Crippen molar-refractivity contribution in [3.8, 4) is 33.8 Å². The molecule has 95 heavy (non-hydrogen) atoms. The maximum absolute atomic E-state index is 14.3. The van der Waals surface area contributed by atoms with Gasteiger partial charge in [-0.3, -0.25) is 23.5 Å². The first-order valence-electron chi connectivity index (χ1n) is 26.1. The van der Waals surface area contributed by atoms with Gasteiger partial charge in [0.25, 0.3) is 5.91 Å². The second kappa shape index (κ2) is 30.0. The van der Waals surface area contributed by atoms with E-state index in [1.807, 2.05) is 5.32 Å². The highest BCUT2D eigenvalue weighted by Gasteiger charge is 2.38. The highest BCUT2D eigenvalue weighted by atomic mass is 79.9. The van der Waals surface area contributed by atoms with Crippen molar-refractivity contribution in [2.45, 2.75) is 31.2 Å². The zero-order chi connectivity index (χ0) is 71.0. The van der Waals surface area contributed by atoms with Crippen molar-refractivity contribution >= 4 is 57.3 Å². The number of carbonyl (C=O) groups is 1. The number of aryl methyl sites for hydroxylation is 4. The lowest BCUT2D eigenvalue weighted by atomic mass is 9.86. The van der Waals surface area contributed by atoms with Crippen molar-refractivity contribution in [3.05, 3.63) is 218 Å². The summed E-state index contributed by atoms with van der Waals surface area (Å²) in [6, 6.07) is 24.5. The van der Waals surface area contributed by atoms with E-state index in [2.05, 4.69) is 41.6 Å². The number of alkyl halides is 12. The van der Waals surface area contributed by atoms with Gasteiger partial charge in [-0.2, -0.15) is 73.1 Å². The van der Waals surface area contributed by atoms with Crippen LogP contribution in [0.1, 0.15) is 38.7 Å². The topological polar surface area (TPSA) is 205 Å². The number of amides is 1. The highest BCUT2D eigenvalue weighted by molar-refractivity contribution is 9.10. The van der Waals surface area contributed by atoms with E-state index < -0.39 is 112 Å². The molecule has 10 aromatic rings. The Morgan fingerprint density at radius 1 is 0.453 bits per heavy atom. The summed E-state index contributed by atoms with van der Waals surface area (Å²) in [5.41, 5.74) is 5.14. The van der Waals surface area contributed by atoms with Gasteiger partial charge in [0.05, 0.1) is 45.4 Å². The van der Waals surface area contributed by atoms with Gasteiger partial charge in [0, 0.05) is 61.5 Å². The highest BCUT2D eigenvalue weighted by Crippen LogP contribution is 2.36. The molecule has 0 saturated heterocycles. The summed E-state index contributed by atoms with van der Waals surface area (Å²) in [6.45, 7) is -0.293. The molecule has 0 bridgehead atoms. The minimum absolute atomic E-state index is 0.00995. The minimum Gasteiger partial charge on any atom is -0.422 e. The molecule has 0 saturated carbocycles. The van der Waals surface area contributed by atoms with E-state index in [0.717, 1.165) is 91.5 Å². The van der Waals surface area contributed by atoms with Crippen molar-refractivity contribution in [2.24, 2.45) is 28.2 Å². The number of rotatable bonds is 9. The number of nitrogens with two attached hydrogens (primary N) is 2. The second-order valence-electron chi connectivity index (χ2n) is 19.5. The zero-order valence-corrected chi connectivity index (χ0v) is 50.0. The molecule has 4 aromatic heterocycles. The monoisotopic (exact) mass is 1430 g/mol. The molecule has 15 nitrogen and oxygen atoms in total. The summed E-state index contributed by atoms with van der Waals surface area (Å²) in [4.78, 5) is 12.0. The molecule has 37 heteroatoms. The predicted molar refractivity (Wildman–Crippen MR) is 310 cm³/mol. The Hall–Kier alpha value is -9.91. The Bertz CT molecular complexity index is 4310. The molecule has 0 unspecified atom stereocenters. The molecule has 1 amide bonds. The minimum atomic E-state index is -4.66. The normalized spacial score (nSPS) is 11.5. The average Bonchev–Trinajstić information content (AvgIpc) is 1.74. The second-order valence-corrected chi connectivity index (χ2v) is 20.4. The molecular weight excluding hydrogens is 1380 g/mol. The number of hydrogen-bond donors (Lipinski definition) is 6. The van der Waals surface area contributed by atoms with Crippen LogP contribution in [0.2, 0.25) is 0 Å². The summed E-state index contributed by atoms with van der Waals surface area (Å²) < 4.78 is 263. The fourth-order valence-corrected chi connectivity index (χ4v) is 8.39.